The molecular weight excluding hydrogens is 392 g/mol. The first-order valence-electron chi connectivity index (χ1n) is 7.35. The molecule has 1 unspecified atom stereocenters. The maximum Gasteiger partial charge on any atom is 0.206 e. The number of hydrazone groups is 1. The first-order valence-corrected chi connectivity index (χ1v) is 8.52. The number of halogens is 2. The molecule has 0 saturated heterocycles. The van der Waals surface area contributed by atoms with E-state index in [0.29, 0.717) is 10.9 Å². The van der Waals surface area contributed by atoms with E-state index in [1.807, 2.05) is 36.4 Å². The summed E-state index contributed by atoms with van der Waals surface area (Å²) < 4.78 is 0.974. The lowest BCUT2D eigenvalue weighted by Gasteiger charge is -2.39. The SMILES string of the molecule is CC(=O)C1=NN(c2ccc(Cl)cc2)C(c2cccc(Br)c2)NN1C. The summed E-state index contributed by atoms with van der Waals surface area (Å²) >= 11 is 9.49. The van der Waals surface area contributed by atoms with Crippen LogP contribution in [0.3, 0.4) is 0 Å². The van der Waals surface area contributed by atoms with Crippen LogP contribution in [0, 0.1) is 0 Å². The zero-order chi connectivity index (χ0) is 17.3. The molecule has 2 aromatic carbocycles. The highest BCUT2D eigenvalue weighted by atomic mass is 79.9. The summed E-state index contributed by atoms with van der Waals surface area (Å²) in [5.41, 5.74) is 5.16. The molecule has 1 aliphatic heterocycles. The van der Waals surface area contributed by atoms with Crippen LogP contribution in [0.5, 0.6) is 0 Å². The number of amidine groups is 1. The molecule has 1 heterocycles. The molecule has 7 heteroatoms. The van der Waals surface area contributed by atoms with Gasteiger partial charge in [-0.05, 0) is 42.0 Å². The number of nitrogens with one attached hydrogen (secondary N) is 1. The number of hydrogen-bond donors (Lipinski definition) is 1. The van der Waals surface area contributed by atoms with E-state index in [1.54, 1.807) is 29.2 Å². The van der Waals surface area contributed by atoms with E-state index in [-0.39, 0.29) is 11.9 Å². The van der Waals surface area contributed by atoms with Gasteiger partial charge in [0.25, 0.3) is 0 Å². The van der Waals surface area contributed by atoms with Crippen LogP contribution < -0.4 is 10.4 Å². The zero-order valence-electron chi connectivity index (χ0n) is 13.2. The molecular formula is C17H16BrClN4O. The highest BCUT2D eigenvalue weighted by Crippen LogP contribution is 2.30. The fourth-order valence-electron chi connectivity index (χ4n) is 2.53. The van der Waals surface area contributed by atoms with E-state index in [4.69, 9.17) is 11.6 Å². The van der Waals surface area contributed by atoms with Crippen LogP contribution >= 0.6 is 27.5 Å². The molecule has 0 bridgehead atoms. The van der Waals surface area contributed by atoms with Crippen LogP contribution in [0.2, 0.25) is 5.02 Å². The second-order valence-electron chi connectivity index (χ2n) is 5.45. The van der Waals surface area contributed by atoms with Gasteiger partial charge >= 0.3 is 0 Å². The first-order chi connectivity index (χ1) is 11.5. The van der Waals surface area contributed by atoms with Gasteiger partial charge in [0.05, 0.1) is 5.69 Å². The van der Waals surface area contributed by atoms with Gasteiger partial charge in [0.15, 0.2) is 5.78 Å². The van der Waals surface area contributed by atoms with E-state index >= 15 is 0 Å². The van der Waals surface area contributed by atoms with E-state index < -0.39 is 0 Å². The van der Waals surface area contributed by atoms with Gasteiger partial charge in [0, 0.05) is 23.5 Å². The van der Waals surface area contributed by atoms with Crippen molar-refractivity contribution < 1.29 is 4.79 Å². The van der Waals surface area contributed by atoms with Crippen molar-refractivity contribution in [2.24, 2.45) is 5.10 Å². The number of carbonyl (C=O) groups excluding carboxylic acids is 1. The Bertz CT molecular complexity index is 793. The molecule has 3 rings (SSSR count). The van der Waals surface area contributed by atoms with Crippen LogP contribution in [0.4, 0.5) is 5.69 Å². The van der Waals surface area contributed by atoms with Crippen LogP contribution in [0.25, 0.3) is 0 Å². The second kappa shape index (κ2) is 6.93. The number of hydrogen-bond acceptors (Lipinski definition) is 5. The fourth-order valence-corrected chi connectivity index (χ4v) is 3.07. The normalized spacial score (nSPS) is 17.7. The number of ketones is 1. The Kier molecular flexibility index (Phi) is 4.89. The standard InChI is InChI=1S/C17H16BrClN4O/c1-11(24)16-21-23(15-8-6-14(19)7-9-15)17(20-22(16)2)12-4-3-5-13(18)10-12/h3-10,17,20H,1-2H3. The number of benzene rings is 2. The van der Waals surface area contributed by atoms with Gasteiger partial charge in [-0.25, -0.2) is 10.4 Å². The summed E-state index contributed by atoms with van der Waals surface area (Å²) in [7, 11) is 1.78. The van der Waals surface area contributed by atoms with Crippen LogP contribution in [-0.4, -0.2) is 23.7 Å². The summed E-state index contributed by atoms with van der Waals surface area (Å²) in [4.78, 5) is 11.9. The molecule has 0 aliphatic carbocycles. The third-order valence-electron chi connectivity index (χ3n) is 3.65. The zero-order valence-corrected chi connectivity index (χ0v) is 15.5. The molecule has 5 nitrogen and oxygen atoms in total. The fraction of sp³-hybridized carbons (Fsp3) is 0.176. The Morgan fingerprint density at radius 2 is 1.96 bits per heavy atom. The minimum absolute atomic E-state index is 0.114. The minimum Gasteiger partial charge on any atom is -0.291 e. The van der Waals surface area contributed by atoms with E-state index in [9.17, 15) is 4.79 Å². The van der Waals surface area contributed by atoms with E-state index in [1.165, 1.54) is 6.92 Å². The van der Waals surface area contributed by atoms with Crippen molar-refractivity contribution in [2.75, 3.05) is 12.1 Å². The van der Waals surface area contributed by atoms with Crippen molar-refractivity contribution in [2.45, 2.75) is 13.1 Å². The van der Waals surface area contributed by atoms with Gasteiger partial charge in [0.1, 0.15) is 6.17 Å². The molecule has 124 valence electrons. The number of hydrazine groups is 1. The molecule has 0 fully saturated rings. The number of carbonyl (C=O) groups is 1. The first kappa shape index (κ1) is 17.0. The van der Waals surface area contributed by atoms with Gasteiger partial charge in [-0.15, -0.1) is 5.10 Å². The Hall–Kier alpha value is -1.89. The molecule has 1 atom stereocenters. The summed E-state index contributed by atoms with van der Waals surface area (Å²) in [5, 5.41) is 8.64. The summed E-state index contributed by atoms with van der Waals surface area (Å²) in [6, 6.07) is 15.3. The largest absolute Gasteiger partial charge is 0.291 e. The smallest absolute Gasteiger partial charge is 0.206 e. The quantitative estimate of drug-likeness (QED) is 0.836. The summed E-state index contributed by atoms with van der Waals surface area (Å²) in [6.45, 7) is 1.50. The van der Waals surface area contributed by atoms with Crippen molar-refractivity contribution in [3.05, 3.63) is 63.6 Å². The molecule has 0 radical (unpaired) electrons. The predicted molar refractivity (Wildman–Crippen MR) is 99.8 cm³/mol. The molecule has 1 N–H and O–H groups in total. The second-order valence-corrected chi connectivity index (χ2v) is 6.80. The molecule has 0 amide bonds. The molecule has 2 aromatic rings. The highest BCUT2D eigenvalue weighted by Gasteiger charge is 2.30. The Morgan fingerprint density at radius 3 is 2.58 bits per heavy atom. The number of likely N-dealkylation sites (N-methyl/N-ethyl adjacent to an activating group) is 1. The molecule has 0 saturated carbocycles. The lowest BCUT2D eigenvalue weighted by molar-refractivity contribution is -0.112. The highest BCUT2D eigenvalue weighted by molar-refractivity contribution is 9.10. The monoisotopic (exact) mass is 406 g/mol. The number of anilines is 1. The van der Waals surface area contributed by atoms with Gasteiger partial charge in [0.2, 0.25) is 5.84 Å². The Labute approximate surface area is 154 Å². The number of Topliss-reactive ketones (excluding diaryl/α,β-unsaturated/α-hetero) is 1. The van der Waals surface area contributed by atoms with Gasteiger partial charge in [-0.2, -0.15) is 0 Å². The average Bonchev–Trinajstić information content (AvgIpc) is 2.55. The molecule has 1 aliphatic rings. The Balaban J connectivity index is 2.08. The third kappa shape index (κ3) is 3.45. The number of nitrogens with zero attached hydrogens (tertiary/aromatic N) is 3. The third-order valence-corrected chi connectivity index (χ3v) is 4.40. The van der Waals surface area contributed by atoms with Crippen molar-refractivity contribution in [1.82, 2.24) is 10.4 Å². The van der Waals surface area contributed by atoms with Crippen molar-refractivity contribution in [1.29, 1.82) is 0 Å². The number of rotatable bonds is 3. The van der Waals surface area contributed by atoms with Crippen LogP contribution in [0.1, 0.15) is 18.7 Å². The van der Waals surface area contributed by atoms with E-state index in [2.05, 4.69) is 26.5 Å². The molecule has 0 aromatic heterocycles. The van der Waals surface area contributed by atoms with Crippen LogP contribution in [0.15, 0.2) is 58.1 Å². The predicted octanol–water partition coefficient (Wildman–Crippen LogP) is 3.96. The molecule has 0 spiro atoms. The molecule has 24 heavy (non-hydrogen) atoms. The maximum atomic E-state index is 11.9. The summed E-state index contributed by atoms with van der Waals surface area (Å²) in [5.74, 6) is 0.229. The van der Waals surface area contributed by atoms with Crippen molar-refractivity contribution in [3.63, 3.8) is 0 Å². The van der Waals surface area contributed by atoms with Crippen molar-refractivity contribution in [3.8, 4) is 0 Å². The van der Waals surface area contributed by atoms with Gasteiger partial charge < -0.3 is 0 Å². The minimum atomic E-state index is -0.253. The van der Waals surface area contributed by atoms with E-state index in [0.717, 1.165) is 15.7 Å². The van der Waals surface area contributed by atoms with Crippen molar-refractivity contribution >= 4 is 44.8 Å². The van der Waals surface area contributed by atoms with Crippen LogP contribution in [-0.2, 0) is 4.79 Å². The summed E-state index contributed by atoms with van der Waals surface area (Å²) in [6.07, 6.45) is -0.253. The lowest BCUT2D eigenvalue weighted by Crippen LogP contribution is -2.54. The lowest BCUT2D eigenvalue weighted by atomic mass is 10.1. The maximum absolute atomic E-state index is 11.9. The topological polar surface area (TPSA) is 47.9 Å². The Morgan fingerprint density at radius 1 is 1.25 bits per heavy atom. The van der Waals surface area contributed by atoms with Gasteiger partial charge in [-0.3, -0.25) is 9.80 Å². The van der Waals surface area contributed by atoms with Gasteiger partial charge in [-0.1, -0.05) is 39.7 Å². The average molecular weight is 408 g/mol.